The number of aryl methyl sites for hydroxylation is 1. The number of carbonyl (C=O) groups is 2. The Hall–Kier alpha value is -3.25. The molecule has 2 aromatic carbocycles. The van der Waals surface area contributed by atoms with E-state index in [0.717, 1.165) is 17.0 Å². The number of rotatable bonds is 7. The summed E-state index contributed by atoms with van der Waals surface area (Å²) in [4.78, 5) is 24.6. The van der Waals surface area contributed by atoms with Crippen molar-refractivity contribution in [2.45, 2.75) is 26.5 Å². The van der Waals surface area contributed by atoms with Gasteiger partial charge in [-0.25, -0.2) is 9.18 Å². The van der Waals surface area contributed by atoms with Crippen molar-refractivity contribution >= 4 is 11.8 Å². The van der Waals surface area contributed by atoms with Gasteiger partial charge in [0, 0.05) is 23.5 Å². The SMILES string of the molecule is Cc1cc(C(=O)COC(=O)C(O)c2ccccc2)c(C)n1Cc1ccc(F)cc1. The summed E-state index contributed by atoms with van der Waals surface area (Å²) in [6.45, 7) is 3.73. The minimum Gasteiger partial charge on any atom is -0.455 e. The van der Waals surface area contributed by atoms with Crippen LogP contribution in [0.3, 0.4) is 0 Å². The molecule has 3 aromatic rings. The van der Waals surface area contributed by atoms with Crippen molar-refractivity contribution in [3.63, 3.8) is 0 Å². The highest BCUT2D eigenvalue weighted by Gasteiger charge is 2.22. The molecule has 0 saturated carbocycles. The van der Waals surface area contributed by atoms with Crippen LogP contribution in [0.15, 0.2) is 60.7 Å². The number of nitrogens with zero attached hydrogens (tertiary/aromatic N) is 1. The van der Waals surface area contributed by atoms with E-state index in [1.54, 1.807) is 48.5 Å². The largest absolute Gasteiger partial charge is 0.455 e. The molecule has 0 radical (unpaired) electrons. The average molecular weight is 395 g/mol. The van der Waals surface area contributed by atoms with Gasteiger partial charge in [-0.3, -0.25) is 4.79 Å². The first-order valence-electron chi connectivity index (χ1n) is 9.21. The van der Waals surface area contributed by atoms with Crippen LogP contribution in [0.1, 0.15) is 39.0 Å². The van der Waals surface area contributed by atoms with Gasteiger partial charge in [-0.2, -0.15) is 0 Å². The van der Waals surface area contributed by atoms with Crippen LogP contribution in [-0.4, -0.2) is 28.0 Å². The van der Waals surface area contributed by atoms with Crippen LogP contribution in [0, 0.1) is 19.7 Å². The second-order valence-electron chi connectivity index (χ2n) is 6.84. The van der Waals surface area contributed by atoms with Gasteiger partial charge >= 0.3 is 5.97 Å². The van der Waals surface area contributed by atoms with Gasteiger partial charge in [-0.05, 0) is 43.2 Å². The molecule has 5 nitrogen and oxygen atoms in total. The van der Waals surface area contributed by atoms with Crippen LogP contribution in [0.4, 0.5) is 4.39 Å². The molecule has 1 aromatic heterocycles. The quantitative estimate of drug-likeness (QED) is 0.489. The summed E-state index contributed by atoms with van der Waals surface area (Å²) >= 11 is 0. The molecule has 0 aliphatic rings. The number of hydrogen-bond donors (Lipinski definition) is 1. The van der Waals surface area contributed by atoms with Crippen molar-refractivity contribution in [1.82, 2.24) is 4.57 Å². The molecular formula is C23H22FNO4. The lowest BCUT2D eigenvalue weighted by molar-refractivity contribution is -0.152. The Labute approximate surface area is 168 Å². The number of esters is 1. The third-order valence-corrected chi connectivity index (χ3v) is 4.81. The Morgan fingerprint density at radius 2 is 1.72 bits per heavy atom. The number of Topliss-reactive ketones (excluding diaryl/α,β-unsaturated/α-hetero) is 1. The lowest BCUT2D eigenvalue weighted by Crippen LogP contribution is -2.20. The third-order valence-electron chi connectivity index (χ3n) is 4.81. The number of benzene rings is 2. The molecule has 0 spiro atoms. The number of carbonyl (C=O) groups excluding carboxylic acids is 2. The Kier molecular flexibility index (Phi) is 6.24. The molecule has 0 bridgehead atoms. The van der Waals surface area contributed by atoms with E-state index in [1.165, 1.54) is 12.1 Å². The first kappa shape index (κ1) is 20.5. The molecule has 1 unspecified atom stereocenters. The second-order valence-corrected chi connectivity index (χ2v) is 6.84. The van der Waals surface area contributed by atoms with Crippen LogP contribution in [0.2, 0.25) is 0 Å². The van der Waals surface area contributed by atoms with E-state index in [9.17, 15) is 19.1 Å². The van der Waals surface area contributed by atoms with Gasteiger partial charge in [0.2, 0.25) is 5.78 Å². The molecule has 3 rings (SSSR count). The zero-order valence-corrected chi connectivity index (χ0v) is 16.3. The smallest absolute Gasteiger partial charge is 0.340 e. The third kappa shape index (κ3) is 4.78. The number of aromatic nitrogens is 1. The summed E-state index contributed by atoms with van der Waals surface area (Å²) in [5.41, 5.74) is 3.36. The van der Waals surface area contributed by atoms with E-state index in [2.05, 4.69) is 0 Å². The average Bonchev–Trinajstić information content (AvgIpc) is 3.01. The molecule has 0 fully saturated rings. The normalized spacial score (nSPS) is 11.9. The monoisotopic (exact) mass is 395 g/mol. The molecule has 150 valence electrons. The van der Waals surface area contributed by atoms with Crippen LogP contribution in [0.25, 0.3) is 0 Å². The summed E-state index contributed by atoms with van der Waals surface area (Å²) in [7, 11) is 0. The van der Waals surface area contributed by atoms with Gasteiger partial charge in [0.05, 0.1) is 0 Å². The van der Waals surface area contributed by atoms with E-state index in [4.69, 9.17) is 4.74 Å². The van der Waals surface area contributed by atoms with E-state index in [-0.39, 0.29) is 11.6 Å². The summed E-state index contributed by atoms with van der Waals surface area (Å²) in [6, 6.07) is 16.3. The summed E-state index contributed by atoms with van der Waals surface area (Å²) in [5, 5.41) is 10.0. The molecule has 0 amide bonds. The van der Waals surface area contributed by atoms with Crippen molar-refractivity contribution in [2.75, 3.05) is 6.61 Å². The first-order valence-corrected chi connectivity index (χ1v) is 9.21. The molecule has 6 heteroatoms. The maximum Gasteiger partial charge on any atom is 0.340 e. The topological polar surface area (TPSA) is 68.5 Å². The van der Waals surface area contributed by atoms with Crippen LogP contribution in [0.5, 0.6) is 0 Å². The zero-order chi connectivity index (χ0) is 21.0. The van der Waals surface area contributed by atoms with Gasteiger partial charge in [-0.1, -0.05) is 42.5 Å². The van der Waals surface area contributed by atoms with Gasteiger partial charge in [0.15, 0.2) is 12.7 Å². The standard InChI is InChI=1S/C23H22FNO4/c1-15-12-20(16(2)25(15)13-17-8-10-19(24)11-9-17)21(26)14-29-23(28)22(27)18-6-4-3-5-7-18/h3-12,22,27H,13-14H2,1-2H3. The van der Waals surface area contributed by atoms with Gasteiger partial charge in [0.1, 0.15) is 5.82 Å². The fourth-order valence-electron chi connectivity index (χ4n) is 3.16. The fourth-order valence-corrected chi connectivity index (χ4v) is 3.16. The lowest BCUT2D eigenvalue weighted by atomic mass is 10.1. The van der Waals surface area contributed by atoms with Crippen molar-refractivity contribution in [1.29, 1.82) is 0 Å². The van der Waals surface area contributed by atoms with E-state index < -0.39 is 18.7 Å². The molecule has 1 atom stereocenters. The second kappa shape index (κ2) is 8.84. The fraction of sp³-hybridized carbons (Fsp3) is 0.217. The molecule has 0 saturated heterocycles. The molecular weight excluding hydrogens is 373 g/mol. The highest BCUT2D eigenvalue weighted by Crippen LogP contribution is 2.19. The van der Waals surface area contributed by atoms with Crippen molar-refractivity contribution in [2.24, 2.45) is 0 Å². The molecule has 29 heavy (non-hydrogen) atoms. The van der Waals surface area contributed by atoms with Gasteiger partial charge < -0.3 is 14.4 Å². The Morgan fingerprint density at radius 1 is 1.07 bits per heavy atom. The molecule has 1 heterocycles. The Balaban J connectivity index is 1.66. The number of ketones is 1. The summed E-state index contributed by atoms with van der Waals surface area (Å²) in [6.07, 6.45) is -1.44. The van der Waals surface area contributed by atoms with E-state index in [1.807, 2.05) is 18.4 Å². The molecule has 0 aliphatic heterocycles. The van der Waals surface area contributed by atoms with Crippen molar-refractivity contribution in [3.8, 4) is 0 Å². The lowest BCUT2D eigenvalue weighted by Gasteiger charge is -2.11. The minimum absolute atomic E-state index is 0.301. The van der Waals surface area contributed by atoms with Crippen molar-refractivity contribution < 1.29 is 23.8 Å². The molecule has 1 N–H and O–H groups in total. The number of hydrogen-bond acceptors (Lipinski definition) is 4. The Morgan fingerprint density at radius 3 is 2.38 bits per heavy atom. The van der Waals surface area contributed by atoms with Crippen LogP contribution >= 0.6 is 0 Å². The first-order chi connectivity index (χ1) is 13.9. The van der Waals surface area contributed by atoms with E-state index >= 15 is 0 Å². The van der Waals surface area contributed by atoms with E-state index in [0.29, 0.717) is 17.7 Å². The zero-order valence-electron chi connectivity index (χ0n) is 16.3. The van der Waals surface area contributed by atoms with Crippen LogP contribution in [-0.2, 0) is 16.1 Å². The number of halogens is 1. The predicted molar refractivity (Wildman–Crippen MR) is 106 cm³/mol. The highest BCUT2D eigenvalue weighted by atomic mass is 19.1. The summed E-state index contributed by atoms with van der Waals surface area (Å²) in [5.74, 6) is -1.52. The number of aliphatic hydroxyl groups is 1. The van der Waals surface area contributed by atoms with Gasteiger partial charge in [-0.15, -0.1) is 0 Å². The number of aliphatic hydroxyl groups excluding tert-OH is 1. The van der Waals surface area contributed by atoms with Crippen molar-refractivity contribution in [3.05, 3.63) is 94.6 Å². The van der Waals surface area contributed by atoms with Gasteiger partial charge in [0.25, 0.3) is 0 Å². The predicted octanol–water partition coefficient (Wildman–Crippen LogP) is 3.75. The highest BCUT2D eigenvalue weighted by molar-refractivity contribution is 5.99. The summed E-state index contributed by atoms with van der Waals surface area (Å²) < 4.78 is 20.1. The maximum absolute atomic E-state index is 13.1. The maximum atomic E-state index is 13.1. The Bertz CT molecular complexity index is 1010. The molecule has 0 aliphatic carbocycles. The van der Waals surface area contributed by atoms with Crippen LogP contribution < -0.4 is 0 Å². The number of ether oxygens (including phenoxy) is 1. The minimum atomic E-state index is -1.44.